The number of hydrazone groups is 1. The Kier molecular flexibility index (Phi) is 4.23. The second kappa shape index (κ2) is 6.84. The third-order valence-corrected chi connectivity index (χ3v) is 4.31. The van der Waals surface area contributed by atoms with Gasteiger partial charge in [0.1, 0.15) is 5.75 Å². The third kappa shape index (κ3) is 3.09. The molecule has 1 aliphatic carbocycles. The molecule has 3 aromatic rings. The van der Waals surface area contributed by atoms with Crippen molar-refractivity contribution in [1.82, 2.24) is 5.43 Å². The highest BCUT2D eigenvalue weighted by Crippen LogP contribution is 2.36. The van der Waals surface area contributed by atoms with Crippen LogP contribution in [0.15, 0.2) is 77.9 Å². The first-order chi connectivity index (χ1) is 12.7. The van der Waals surface area contributed by atoms with E-state index in [1.807, 2.05) is 67.6 Å². The highest BCUT2D eigenvalue weighted by molar-refractivity contribution is 6.24. The fourth-order valence-corrected chi connectivity index (χ4v) is 3.12. The molecular weight excluding hydrogens is 324 g/mol. The molecule has 0 unspecified atom stereocenters. The van der Waals surface area contributed by atoms with E-state index in [2.05, 4.69) is 22.7 Å². The minimum absolute atomic E-state index is 0.0798. The zero-order valence-corrected chi connectivity index (χ0v) is 14.4. The highest BCUT2D eigenvalue weighted by atomic mass is 16.5. The third-order valence-electron chi connectivity index (χ3n) is 4.31. The number of hydrogen-bond donors (Lipinski definition) is 1. The summed E-state index contributed by atoms with van der Waals surface area (Å²) in [6, 6.07) is 23.7. The second-order valence-corrected chi connectivity index (χ2v) is 6.19. The molecule has 0 radical (unpaired) electrons. The van der Waals surface area contributed by atoms with E-state index in [1.54, 1.807) is 0 Å². The maximum atomic E-state index is 12.1. The molecule has 0 spiro atoms. The number of carbonyl (C=O) groups excluding carboxylic acids is 1. The van der Waals surface area contributed by atoms with Crippen LogP contribution >= 0.6 is 0 Å². The van der Waals surface area contributed by atoms with Gasteiger partial charge in [-0.25, -0.2) is 5.43 Å². The molecule has 1 N–H and O–H groups in total. The Balaban J connectivity index is 1.51. The summed E-state index contributed by atoms with van der Waals surface area (Å²) >= 11 is 0. The van der Waals surface area contributed by atoms with Crippen molar-refractivity contribution in [3.8, 4) is 16.9 Å². The number of ether oxygens (including phenoxy) is 1. The molecule has 0 aliphatic heterocycles. The summed E-state index contributed by atoms with van der Waals surface area (Å²) < 4.78 is 5.52. The van der Waals surface area contributed by atoms with Crippen molar-refractivity contribution in [1.29, 1.82) is 0 Å². The lowest BCUT2D eigenvalue weighted by Gasteiger charge is -2.06. The van der Waals surface area contributed by atoms with Crippen molar-refractivity contribution < 1.29 is 9.53 Å². The van der Waals surface area contributed by atoms with Gasteiger partial charge in [-0.2, -0.15) is 5.10 Å². The molecule has 128 valence electrons. The van der Waals surface area contributed by atoms with E-state index in [9.17, 15) is 4.79 Å². The Morgan fingerprint density at radius 3 is 2.12 bits per heavy atom. The van der Waals surface area contributed by atoms with Crippen molar-refractivity contribution in [3.05, 3.63) is 89.5 Å². The van der Waals surface area contributed by atoms with Crippen molar-refractivity contribution >= 4 is 11.6 Å². The highest BCUT2D eigenvalue weighted by Gasteiger charge is 2.24. The average Bonchev–Trinajstić information content (AvgIpc) is 2.99. The number of nitrogens with zero attached hydrogens (tertiary/aromatic N) is 1. The van der Waals surface area contributed by atoms with Crippen molar-refractivity contribution in [3.63, 3.8) is 0 Å². The number of hydrogen-bond acceptors (Lipinski definition) is 3. The summed E-state index contributed by atoms with van der Waals surface area (Å²) in [6.07, 6.45) is 0. The summed E-state index contributed by atoms with van der Waals surface area (Å²) in [5.74, 6) is 0.380. The molecule has 0 fully saturated rings. The molecule has 0 heterocycles. The van der Waals surface area contributed by atoms with Gasteiger partial charge in [0.25, 0.3) is 5.91 Å². The predicted molar refractivity (Wildman–Crippen MR) is 102 cm³/mol. The quantitative estimate of drug-likeness (QED) is 0.572. The topological polar surface area (TPSA) is 50.7 Å². The minimum Gasteiger partial charge on any atom is -0.484 e. The molecule has 0 bridgehead atoms. The van der Waals surface area contributed by atoms with E-state index in [0.29, 0.717) is 5.75 Å². The van der Waals surface area contributed by atoms with Crippen LogP contribution in [0, 0.1) is 6.92 Å². The van der Waals surface area contributed by atoms with Crippen LogP contribution in [0.25, 0.3) is 11.1 Å². The van der Waals surface area contributed by atoms with Crippen LogP contribution in [0.3, 0.4) is 0 Å². The minimum atomic E-state index is -0.291. The maximum Gasteiger partial charge on any atom is 0.277 e. The number of carbonyl (C=O) groups is 1. The van der Waals surface area contributed by atoms with Gasteiger partial charge >= 0.3 is 0 Å². The van der Waals surface area contributed by atoms with E-state index in [1.165, 1.54) is 0 Å². The maximum absolute atomic E-state index is 12.1. The number of rotatable bonds is 4. The number of amides is 1. The molecule has 4 rings (SSSR count). The van der Waals surface area contributed by atoms with Crippen LogP contribution < -0.4 is 10.2 Å². The molecule has 1 amide bonds. The van der Waals surface area contributed by atoms with Crippen LogP contribution in [0.2, 0.25) is 0 Å². The largest absolute Gasteiger partial charge is 0.484 e. The monoisotopic (exact) mass is 342 g/mol. The van der Waals surface area contributed by atoms with Crippen LogP contribution in [0.4, 0.5) is 0 Å². The fraction of sp³-hybridized carbons (Fsp3) is 0.0909. The molecular formula is C22H18N2O2. The normalized spacial score (nSPS) is 11.5. The Hall–Kier alpha value is -3.40. The van der Waals surface area contributed by atoms with Crippen molar-refractivity contribution in [2.45, 2.75) is 6.92 Å². The molecule has 0 atom stereocenters. The van der Waals surface area contributed by atoms with E-state index in [-0.39, 0.29) is 12.5 Å². The number of aryl methyl sites for hydroxylation is 1. The van der Waals surface area contributed by atoms with E-state index >= 15 is 0 Å². The molecule has 0 saturated heterocycles. The standard InChI is InChI=1S/C22H18N2O2/c1-15-7-6-8-16(13-15)26-14-21(25)23-24-22-19-11-4-2-9-17(19)18-10-3-5-12-20(18)22/h2-13H,14H2,1H3,(H,23,25). The molecule has 0 aromatic heterocycles. The number of fused-ring (bicyclic) bond motifs is 3. The molecule has 3 aromatic carbocycles. The first-order valence-electron chi connectivity index (χ1n) is 8.47. The first kappa shape index (κ1) is 16.1. The fourth-order valence-electron chi connectivity index (χ4n) is 3.12. The van der Waals surface area contributed by atoms with Gasteiger partial charge in [-0.15, -0.1) is 0 Å². The second-order valence-electron chi connectivity index (χ2n) is 6.19. The predicted octanol–water partition coefficient (Wildman–Crippen LogP) is 3.92. The van der Waals surface area contributed by atoms with Crippen LogP contribution in [0.5, 0.6) is 5.75 Å². The van der Waals surface area contributed by atoms with Gasteiger partial charge in [0, 0.05) is 11.1 Å². The van der Waals surface area contributed by atoms with E-state index < -0.39 is 0 Å². The van der Waals surface area contributed by atoms with Gasteiger partial charge < -0.3 is 4.74 Å². The lowest BCUT2D eigenvalue weighted by molar-refractivity contribution is -0.123. The SMILES string of the molecule is Cc1cccc(OCC(=O)NN=C2c3ccccc3-c3ccccc32)c1. The van der Waals surface area contributed by atoms with Crippen molar-refractivity contribution in [2.75, 3.05) is 6.61 Å². The van der Waals surface area contributed by atoms with Gasteiger partial charge in [0.05, 0.1) is 5.71 Å². The van der Waals surface area contributed by atoms with Crippen molar-refractivity contribution in [2.24, 2.45) is 5.10 Å². The van der Waals surface area contributed by atoms with Gasteiger partial charge in [0.2, 0.25) is 0 Å². The van der Waals surface area contributed by atoms with Crippen LogP contribution in [-0.4, -0.2) is 18.2 Å². The Bertz CT molecular complexity index is 961. The molecule has 1 aliphatic rings. The summed E-state index contributed by atoms with van der Waals surface area (Å²) in [5.41, 5.74) is 8.79. The summed E-state index contributed by atoms with van der Waals surface area (Å²) in [7, 11) is 0. The molecule has 4 heteroatoms. The Morgan fingerprint density at radius 2 is 1.50 bits per heavy atom. The Morgan fingerprint density at radius 1 is 0.885 bits per heavy atom. The zero-order chi connectivity index (χ0) is 17.9. The van der Waals surface area contributed by atoms with Crippen LogP contribution in [0.1, 0.15) is 16.7 Å². The van der Waals surface area contributed by atoms with Gasteiger partial charge in [-0.05, 0) is 35.7 Å². The molecule has 4 nitrogen and oxygen atoms in total. The molecule has 0 saturated carbocycles. The number of nitrogens with one attached hydrogen (secondary N) is 1. The lowest BCUT2D eigenvalue weighted by Crippen LogP contribution is -2.26. The average molecular weight is 342 g/mol. The summed E-state index contributed by atoms with van der Waals surface area (Å²) in [6.45, 7) is 1.90. The molecule has 26 heavy (non-hydrogen) atoms. The Labute approximate surface area is 152 Å². The number of benzene rings is 3. The lowest BCUT2D eigenvalue weighted by atomic mass is 10.1. The van der Waals surface area contributed by atoms with Gasteiger partial charge in [-0.3, -0.25) is 4.79 Å². The zero-order valence-electron chi connectivity index (χ0n) is 14.4. The first-order valence-corrected chi connectivity index (χ1v) is 8.47. The van der Waals surface area contributed by atoms with E-state index in [4.69, 9.17) is 4.74 Å². The van der Waals surface area contributed by atoms with Crippen LogP contribution in [-0.2, 0) is 4.79 Å². The van der Waals surface area contributed by atoms with Gasteiger partial charge in [-0.1, -0.05) is 60.7 Å². The smallest absolute Gasteiger partial charge is 0.277 e. The summed E-state index contributed by atoms with van der Waals surface area (Å²) in [5, 5.41) is 4.37. The van der Waals surface area contributed by atoms with Gasteiger partial charge in [0.15, 0.2) is 6.61 Å². The van der Waals surface area contributed by atoms with E-state index in [0.717, 1.165) is 33.5 Å². The summed E-state index contributed by atoms with van der Waals surface area (Å²) in [4.78, 5) is 12.1.